The molecular weight excluding hydrogens is 254 g/mol. The van der Waals surface area contributed by atoms with E-state index in [4.69, 9.17) is 4.52 Å². The topological polar surface area (TPSA) is 76.7 Å². The zero-order valence-corrected chi connectivity index (χ0v) is 11.6. The van der Waals surface area contributed by atoms with E-state index in [-0.39, 0.29) is 0 Å². The van der Waals surface area contributed by atoms with Crippen molar-refractivity contribution in [1.29, 1.82) is 0 Å². The lowest BCUT2D eigenvalue weighted by atomic mass is 9.85. The van der Waals surface area contributed by atoms with Gasteiger partial charge in [0, 0.05) is 12.6 Å². The Morgan fingerprint density at radius 1 is 1.50 bits per heavy atom. The van der Waals surface area contributed by atoms with Gasteiger partial charge in [-0.1, -0.05) is 12.1 Å². The second kappa shape index (κ2) is 6.09. The molecule has 1 N–H and O–H groups in total. The van der Waals surface area contributed by atoms with E-state index in [9.17, 15) is 0 Å². The Morgan fingerprint density at radius 2 is 2.45 bits per heavy atom. The van der Waals surface area contributed by atoms with Crippen molar-refractivity contribution in [2.75, 3.05) is 13.1 Å². The first-order chi connectivity index (χ1) is 9.83. The van der Waals surface area contributed by atoms with Crippen molar-refractivity contribution in [3.63, 3.8) is 0 Å². The highest BCUT2D eigenvalue weighted by Crippen LogP contribution is 2.23. The second-order valence-corrected chi connectivity index (χ2v) is 5.39. The van der Waals surface area contributed by atoms with E-state index in [0.29, 0.717) is 29.2 Å². The number of hydrogen-bond donors (Lipinski definition) is 1. The minimum atomic E-state index is 0.538. The molecule has 0 spiro atoms. The number of piperidine rings is 1. The van der Waals surface area contributed by atoms with Crippen molar-refractivity contribution in [3.8, 4) is 11.5 Å². The van der Waals surface area contributed by atoms with Crippen molar-refractivity contribution >= 4 is 0 Å². The molecule has 1 aliphatic rings. The van der Waals surface area contributed by atoms with Gasteiger partial charge in [-0.3, -0.25) is 0 Å². The zero-order valence-electron chi connectivity index (χ0n) is 11.6. The third-order valence-electron chi connectivity index (χ3n) is 3.92. The molecule has 6 heteroatoms. The maximum atomic E-state index is 5.34. The van der Waals surface area contributed by atoms with E-state index in [1.807, 2.05) is 0 Å². The molecule has 0 bridgehead atoms. The first kappa shape index (κ1) is 13.2. The molecule has 0 aromatic carbocycles. The molecule has 0 radical (unpaired) electrons. The first-order valence-corrected chi connectivity index (χ1v) is 7.12. The molecule has 1 aliphatic heterocycles. The van der Waals surface area contributed by atoms with Gasteiger partial charge in [0.05, 0.1) is 0 Å². The third-order valence-corrected chi connectivity index (χ3v) is 3.92. The Balaban J connectivity index is 1.65. The predicted molar refractivity (Wildman–Crippen MR) is 73.8 cm³/mol. The van der Waals surface area contributed by atoms with Gasteiger partial charge in [-0.15, -0.1) is 0 Å². The Labute approximate surface area is 118 Å². The van der Waals surface area contributed by atoms with E-state index in [2.05, 4.69) is 32.3 Å². The van der Waals surface area contributed by atoms with Crippen LogP contribution in [0.15, 0.2) is 23.1 Å². The molecule has 1 saturated heterocycles. The molecule has 3 rings (SSSR count). The summed E-state index contributed by atoms with van der Waals surface area (Å²) in [6, 6.07) is 1.78. The monoisotopic (exact) mass is 273 g/mol. The van der Waals surface area contributed by atoms with E-state index in [1.165, 1.54) is 19.2 Å². The largest absolute Gasteiger partial charge is 0.339 e. The molecule has 6 nitrogen and oxygen atoms in total. The minimum Gasteiger partial charge on any atom is -0.339 e. The van der Waals surface area contributed by atoms with Gasteiger partial charge in [0.15, 0.2) is 0 Å². The molecule has 20 heavy (non-hydrogen) atoms. The van der Waals surface area contributed by atoms with Gasteiger partial charge in [-0.05, 0) is 43.8 Å². The number of rotatable bonds is 4. The van der Waals surface area contributed by atoms with Crippen LogP contribution in [-0.2, 0) is 6.42 Å². The minimum absolute atomic E-state index is 0.538. The lowest BCUT2D eigenvalue weighted by molar-refractivity contribution is 0.257. The molecular formula is C14H19N5O. The first-order valence-electron chi connectivity index (χ1n) is 7.12. The van der Waals surface area contributed by atoms with Crippen molar-refractivity contribution < 1.29 is 4.52 Å². The summed E-state index contributed by atoms with van der Waals surface area (Å²) in [5.74, 6) is 2.47. The van der Waals surface area contributed by atoms with Gasteiger partial charge in [-0.2, -0.15) is 4.98 Å². The second-order valence-electron chi connectivity index (χ2n) is 5.39. The normalized spacial score (nSPS) is 20.8. The van der Waals surface area contributed by atoms with Crippen molar-refractivity contribution in [2.24, 2.45) is 11.8 Å². The van der Waals surface area contributed by atoms with Crippen molar-refractivity contribution in [1.82, 2.24) is 25.4 Å². The molecule has 0 saturated carbocycles. The van der Waals surface area contributed by atoms with Crippen molar-refractivity contribution in [3.05, 3.63) is 24.5 Å². The highest BCUT2D eigenvalue weighted by molar-refractivity contribution is 5.46. The van der Waals surface area contributed by atoms with Gasteiger partial charge in [0.1, 0.15) is 12.0 Å². The smallest absolute Gasteiger partial charge is 0.227 e. The van der Waals surface area contributed by atoms with E-state index in [0.717, 1.165) is 19.5 Å². The van der Waals surface area contributed by atoms with Crippen LogP contribution in [0.4, 0.5) is 0 Å². The molecule has 1 fully saturated rings. The van der Waals surface area contributed by atoms with Gasteiger partial charge >= 0.3 is 0 Å². The van der Waals surface area contributed by atoms with Crippen LogP contribution in [0, 0.1) is 11.8 Å². The summed E-state index contributed by atoms with van der Waals surface area (Å²) >= 11 is 0. The Kier molecular flexibility index (Phi) is 4.01. The molecule has 106 valence electrons. The summed E-state index contributed by atoms with van der Waals surface area (Å²) in [6.45, 7) is 4.49. The summed E-state index contributed by atoms with van der Waals surface area (Å²) in [5, 5.41) is 7.44. The SMILES string of the molecule is CC(Cc1nc(-c2ccncn2)no1)C1CCCNC1. The van der Waals surface area contributed by atoms with E-state index >= 15 is 0 Å². The molecule has 0 aliphatic carbocycles. The van der Waals surface area contributed by atoms with Crippen LogP contribution < -0.4 is 5.32 Å². The van der Waals surface area contributed by atoms with E-state index in [1.54, 1.807) is 12.3 Å². The van der Waals surface area contributed by atoms with Crippen LogP contribution >= 0.6 is 0 Å². The average molecular weight is 273 g/mol. The maximum absolute atomic E-state index is 5.34. The zero-order chi connectivity index (χ0) is 13.8. The summed E-state index contributed by atoms with van der Waals surface area (Å²) in [7, 11) is 0. The Hall–Kier alpha value is -1.82. The van der Waals surface area contributed by atoms with E-state index < -0.39 is 0 Å². The fourth-order valence-corrected chi connectivity index (χ4v) is 2.67. The standard InChI is InChI=1S/C14H19N5O/c1-10(11-3-2-5-15-8-11)7-13-18-14(19-20-13)12-4-6-16-9-17-12/h4,6,9-11,15H,2-3,5,7-8H2,1H3. The number of aromatic nitrogens is 4. The average Bonchev–Trinajstić information content (AvgIpc) is 2.97. The van der Waals surface area contributed by atoms with Gasteiger partial charge < -0.3 is 9.84 Å². The van der Waals surface area contributed by atoms with Gasteiger partial charge in [0.25, 0.3) is 0 Å². The highest BCUT2D eigenvalue weighted by Gasteiger charge is 2.22. The molecule has 2 aromatic heterocycles. The maximum Gasteiger partial charge on any atom is 0.227 e. The third kappa shape index (κ3) is 3.01. The van der Waals surface area contributed by atoms with Crippen molar-refractivity contribution in [2.45, 2.75) is 26.2 Å². The van der Waals surface area contributed by atoms with Gasteiger partial charge in [-0.25, -0.2) is 9.97 Å². The molecule has 2 unspecified atom stereocenters. The van der Waals surface area contributed by atoms with Crippen LogP contribution in [0.1, 0.15) is 25.7 Å². The highest BCUT2D eigenvalue weighted by atomic mass is 16.5. The number of nitrogens with zero attached hydrogens (tertiary/aromatic N) is 4. The Morgan fingerprint density at radius 3 is 3.20 bits per heavy atom. The fourth-order valence-electron chi connectivity index (χ4n) is 2.67. The number of nitrogens with one attached hydrogen (secondary N) is 1. The molecule has 2 aromatic rings. The lowest BCUT2D eigenvalue weighted by Crippen LogP contribution is -2.33. The number of hydrogen-bond acceptors (Lipinski definition) is 6. The summed E-state index contributed by atoms with van der Waals surface area (Å²) in [4.78, 5) is 12.4. The van der Waals surface area contributed by atoms with Crippen LogP contribution in [-0.4, -0.2) is 33.2 Å². The predicted octanol–water partition coefficient (Wildman–Crippen LogP) is 1.70. The summed E-state index contributed by atoms with van der Waals surface area (Å²) in [6.07, 6.45) is 6.52. The fraction of sp³-hybridized carbons (Fsp3) is 0.571. The molecule has 3 heterocycles. The Bertz CT molecular complexity index is 536. The summed E-state index contributed by atoms with van der Waals surface area (Å²) < 4.78 is 5.34. The quantitative estimate of drug-likeness (QED) is 0.913. The lowest BCUT2D eigenvalue weighted by Gasteiger charge is -2.27. The summed E-state index contributed by atoms with van der Waals surface area (Å²) in [5.41, 5.74) is 0.696. The molecule has 2 atom stereocenters. The van der Waals surface area contributed by atoms with Crippen LogP contribution in [0.2, 0.25) is 0 Å². The van der Waals surface area contributed by atoms with Gasteiger partial charge in [0.2, 0.25) is 11.7 Å². The van der Waals surface area contributed by atoms with Crippen LogP contribution in [0.3, 0.4) is 0 Å². The molecule has 0 amide bonds. The van der Waals surface area contributed by atoms with Crippen LogP contribution in [0.5, 0.6) is 0 Å². The van der Waals surface area contributed by atoms with Crippen LogP contribution in [0.25, 0.3) is 11.5 Å².